The van der Waals surface area contributed by atoms with Gasteiger partial charge in [-0.3, -0.25) is 14.4 Å². The van der Waals surface area contributed by atoms with Crippen LogP contribution in [0.15, 0.2) is 60.7 Å². The van der Waals surface area contributed by atoms with E-state index in [1.54, 1.807) is 18.9 Å². The molecule has 2 aromatic carbocycles. The van der Waals surface area contributed by atoms with E-state index < -0.39 is 18.1 Å². The van der Waals surface area contributed by atoms with Crippen LogP contribution < -0.4 is 21.7 Å². The molecule has 0 aliphatic carbocycles. The van der Waals surface area contributed by atoms with Crippen LogP contribution >= 0.6 is 0 Å². The molecular formula is C29H41N5O3. The van der Waals surface area contributed by atoms with Gasteiger partial charge in [-0.15, -0.1) is 0 Å². The van der Waals surface area contributed by atoms with Crippen LogP contribution in [-0.4, -0.2) is 66.4 Å². The van der Waals surface area contributed by atoms with Gasteiger partial charge in [0.25, 0.3) is 0 Å². The van der Waals surface area contributed by atoms with E-state index in [2.05, 4.69) is 16.0 Å². The van der Waals surface area contributed by atoms with Crippen LogP contribution in [0.2, 0.25) is 0 Å². The molecule has 200 valence electrons. The first kappa shape index (κ1) is 28.3. The lowest BCUT2D eigenvalue weighted by Gasteiger charge is -2.32. The molecule has 1 aliphatic rings. The van der Waals surface area contributed by atoms with Gasteiger partial charge < -0.3 is 26.6 Å². The number of likely N-dealkylation sites (N-methyl/N-ethyl adjacent to an activating group) is 1. The molecule has 1 fully saturated rings. The summed E-state index contributed by atoms with van der Waals surface area (Å²) in [5.74, 6) is -0.896. The Morgan fingerprint density at radius 2 is 1.46 bits per heavy atom. The summed E-state index contributed by atoms with van der Waals surface area (Å²) in [4.78, 5) is 41.3. The summed E-state index contributed by atoms with van der Waals surface area (Å²) in [6.45, 7) is 5.78. The highest BCUT2D eigenvalue weighted by molar-refractivity contribution is 5.93. The summed E-state index contributed by atoms with van der Waals surface area (Å²) in [5.41, 5.74) is 8.50. The van der Waals surface area contributed by atoms with Crippen molar-refractivity contribution in [3.05, 3.63) is 71.8 Å². The minimum Gasteiger partial charge on any atom is -0.351 e. The molecule has 0 unspecified atom stereocenters. The Kier molecular flexibility index (Phi) is 10.2. The molecule has 1 saturated heterocycles. The smallest absolute Gasteiger partial charge is 0.246 e. The summed E-state index contributed by atoms with van der Waals surface area (Å²) >= 11 is 0. The monoisotopic (exact) mass is 507 g/mol. The van der Waals surface area contributed by atoms with Crippen molar-refractivity contribution in [2.24, 2.45) is 11.7 Å². The molecule has 0 bridgehead atoms. The van der Waals surface area contributed by atoms with E-state index in [0.717, 1.165) is 11.1 Å². The molecule has 3 amide bonds. The van der Waals surface area contributed by atoms with Gasteiger partial charge in [0.2, 0.25) is 17.7 Å². The van der Waals surface area contributed by atoms with E-state index >= 15 is 0 Å². The second kappa shape index (κ2) is 13.4. The van der Waals surface area contributed by atoms with Crippen LogP contribution in [0.4, 0.5) is 0 Å². The average Bonchev–Trinajstić information content (AvgIpc) is 3.29. The fraction of sp³-hybridized carbons (Fsp3) is 0.483. The number of likely N-dealkylation sites (tertiary alicyclic amines) is 1. The molecule has 0 radical (unpaired) electrons. The Morgan fingerprint density at radius 1 is 0.919 bits per heavy atom. The Labute approximate surface area is 220 Å². The van der Waals surface area contributed by atoms with Crippen LogP contribution in [0.3, 0.4) is 0 Å². The standard InChI is InChI=1S/C29H41N5O3/c1-19(2)26(33-27(35)20(3)31-4)29(37)34-18-23(30)17-25(34)28(36)32-24(15-21-11-7-5-8-12-21)16-22-13-9-6-10-14-22/h5-14,19-20,23-26,31H,15-18,30H2,1-4H3,(H,32,36)(H,33,35)/t20-,23-,25-,26-/m0/s1. The lowest BCUT2D eigenvalue weighted by molar-refractivity contribution is -0.142. The highest BCUT2D eigenvalue weighted by Gasteiger charge is 2.42. The Bertz CT molecular complexity index is 989. The zero-order chi connectivity index (χ0) is 26.9. The van der Waals surface area contributed by atoms with Gasteiger partial charge >= 0.3 is 0 Å². The lowest BCUT2D eigenvalue weighted by Crippen LogP contribution is -2.58. The molecular weight excluding hydrogens is 466 g/mol. The third-order valence-corrected chi connectivity index (χ3v) is 6.97. The molecule has 37 heavy (non-hydrogen) atoms. The topological polar surface area (TPSA) is 117 Å². The summed E-state index contributed by atoms with van der Waals surface area (Å²) < 4.78 is 0. The normalized spacial score (nSPS) is 19.1. The van der Waals surface area contributed by atoms with Gasteiger partial charge in [-0.25, -0.2) is 0 Å². The highest BCUT2D eigenvalue weighted by Crippen LogP contribution is 2.21. The number of amides is 3. The van der Waals surface area contributed by atoms with Gasteiger partial charge in [-0.05, 0) is 50.3 Å². The van der Waals surface area contributed by atoms with E-state index in [-0.39, 0.29) is 42.3 Å². The summed E-state index contributed by atoms with van der Waals surface area (Å²) in [7, 11) is 1.69. The zero-order valence-corrected chi connectivity index (χ0v) is 22.3. The molecule has 0 saturated carbocycles. The summed E-state index contributed by atoms with van der Waals surface area (Å²) in [5, 5.41) is 8.96. The molecule has 0 spiro atoms. The number of hydrogen-bond donors (Lipinski definition) is 4. The number of benzene rings is 2. The molecule has 8 heteroatoms. The van der Waals surface area contributed by atoms with E-state index in [4.69, 9.17) is 5.73 Å². The van der Waals surface area contributed by atoms with Crippen LogP contribution in [-0.2, 0) is 27.2 Å². The first-order valence-electron chi connectivity index (χ1n) is 13.1. The van der Waals surface area contributed by atoms with E-state index in [1.807, 2.05) is 74.5 Å². The molecule has 1 aliphatic heterocycles. The van der Waals surface area contributed by atoms with Crippen molar-refractivity contribution in [2.45, 2.75) is 70.2 Å². The Balaban J connectivity index is 1.77. The predicted octanol–water partition coefficient (Wildman–Crippen LogP) is 1.63. The second-order valence-corrected chi connectivity index (χ2v) is 10.3. The number of nitrogens with two attached hydrogens (primary N) is 1. The highest BCUT2D eigenvalue weighted by atomic mass is 16.2. The third-order valence-electron chi connectivity index (χ3n) is 6.97. The Hall–Kier alpha value is -3.23. The van der Waals surface area contributed by atoms with Gasteiger partial charge in [0, 0.05) is 18.6 Å². The number of carbonyl (C=O) groups excluding carboxylic acids is 3. The van der Waals surface area contributed by atoms with Gasteiger partial charge in [0.05, 0.1) is 6.04 Å². The number of carbonyl (C=O) groups is 3. The average molecular weight is 508 g/mol. The van der Waals surface area contributed by atoms with Crippen LogP contribution in [0.1, 0.15) is 38.3 Å². The van der Waals surface area contributed by atoms with Crippen molar-refractivity contribution in [1.29, 1.82) is 0 Å². The van der Waals surface area contributed by atoms with Crippen molar-refractivity contribution >= 4 is 17.7 Å². The molecule has 0 aromatic heterocycles. The minimum absolute atomic E-state index is 0.148. The molecule has 2 aromatic rings. The maximum absolute atomic E-state index is 13.6. The van der Waals surface area contributed by atoms with Crippen molar-refractivity contribution in [3.8, 4) is 0 Å². The van der Waals surface area contributed by atoms with E-state index in [1.165, 1.54) is 0 Å². The number of nitrogens with zero attached hydrogens (tertiary/aromatic N) is 1. The fourth-order valence-corrected chi connectivity index (χ4v) is 4.73. The third kappa shape index (κ3) is 7.87. The molecule has 5 N–H and O–H groups in total. The summed E-state index contributed by atoms with van der Waals surface area (Å²) in [6.07, 6.45) is 1.72. The van der Waals surface area contributed by atoms with Crippen molar-refractivity contribution in [3.63, 3.8) is 0 Å². The molecule has 3 rings (SSSR count). The van der Waals surface area contributed by atoms with Gasteiger partial charge in [0.15, 0.2) is 0 Å². The number of nitrogens with one attached hydrogen (secondary N) is 3. The number of hydrogen-bond acceptors (Lipinski definition) is 5. The van der Waals surface area contributed by atoms with E-state index in [9.17, 15) is 14.4 Å². The largest absolute Gasteiger partial charge is 0.351 e. The van der Waals surface area contributed by atoms with Gasteiger partial charge in [-0.2, -0.15) is 0 Å². The molecule has 8 nitrogen and oxygen atoms in total. The zero-order valence-electron chi connectivity index (χ0n) is 22.3. The van der Waals surface area contributed by atoms with Crippen molar-refractivity contribution in [2.75, 3.05) is 13.6 Å². The predicted molar refractivity (Wildman–Crippen MR) is 146 cm³/mol. The SMILES string of the molecule is CN[C@@H](C)C(=O)N[C@H](C(=O)N1C[C@@H](N)C[C@H]1C(=O)NC(Cc1ccccc1)Cc1ccccc1)C(C)C. The van der Waals surface area contributed by atoms with Crippen molar-refractivity contribution in [1.82, 2.24) is 20.9 Å². The fourth-order valence-electron chi connectivity index (χ4n) is 4.73. The Morgan fingerprint density at radius 3 is 1.95 bits per heavy atom. The molecule has 1 heterocycles. The van der Waals surface area contributed by atoms with Gasteiger partial charge in [0.1, 0.15) is 12.1 Å². The first-order valence-corrected chi connectivity index (χ1v) is 13.1. The van der Waals surface area contributed by atoms with Crippen molar-refractivity contribution < 1.29 is 14.4 Å². The van der Waals surface area contributed by atoms with E-state index in [0.29, 0.717) is 19.3 Å². The molecule has 4 atom stereocenters. The minimum atomic E-state index is -0.742. The van der Waals surface area contributed by atoms with Gasteiger partial charge in [-0.1, -0.05) is 74.5 Å². The lowest BCUT2D eigenvalue weighted by atomic mass is 9.98. The van der Waals surface area contributed by atoms with Crippen LogP contribution in [0.5, 0.6) is 0 Å². The summed E-state index contributed by atoms with van der Waals surface area (Å²) in [6, 6.07) is 17.8. The number of rotatable bonds is 11. The second-order valence-electron chi connectivity index (χ2n) is 10.3. The van der Waals surface area contributed by atoms with Crippen LogP contribution in [0, 0.1) is 5.92 Å². The maximum atomic E-state index is 13.6. The quantitative estimate of drug-likeness (QED) is 0.369. The van der Waals surface area contributed by atoms with Crippen LogP contribution in [0.25, 0.3) is 0 Å². The first-order chi connectivity index (χ1) is 17.7. The maximum Gasteiger partial charge on any atom is 0.246 e.